The van der Waals surface area contributed by atoms with Crippen molar-refractivity contribution in [3.05, 3.63) is 80.7 Å². The maximum atomic E-state index is 14.2. The normalized spacial score (nSPS) is 27.0. The number of nitrogens with one attached hydrogen (secondary N) is 1. The van der Waals surface area contributed by atoms with E-state index in [-0.39, 0.29) is 16.3 Å². The summed E-state index contributed by atoms with van der Waals surface area (Å²) in [5, 5.41) is 4.32. The first-order valence-corrected chi connectivity index (χ1v) is 13.2. The zero-order chi connectivity index (χ0) is 24.7. The van der Waals surface area contributed by atoms with Gasteiger partial charge in [0.25, 0.3) is 11.1 Å². The molecule has 7 heteroatoms. The fourth-order valence-electron chi connectivity index (χ4n) is 7.60. The topological polar surface area (TPSA) is 77.6 Å². The van der Waals surface area contributed by atoms with E-state index in [2.05, 4.69) is 10.5 Å². The Kier molecular flexibility index (Phi) is 6.04. The van der Waals surface area contributed by atoms with Crippen LogP contribution >= 0.6 is 0 Å². The number of anilines is 1. The number of rotatable bonds is 7. The van der Waals surface area contributed by atoms with Crippen molar-refractivity contribution in [1.82, 2.24) is 9.13 Å². The van der Waals surface area contributed by atoms with Gasteiger partial charge in [0.15, 0.2) is 0 Å². The highest BCUT2D eigenvalue weighted by Crippen LogP contribution is 2.60. The quantitative estimate of drug-likeness (QED) is 0.513. The second kappa shape index (κ2) is 9.36. The molecule has 7 rings (SSSR count). The van der Waals surface area contributed by atoms with Gasteiger partial charge < -0.3 is 13.9 Å². The second-order valence-corrected chi connectivity index (χ2v) is 11.2. The molecule has 4 saturated carbocycles. The van der Waals surface area contributed by atoms with Crippen molar-refractivity contribution in [1.29, 1.82) is 0 Å². The largest absolute Gasteiger partial charge is 0.383 e. The first-order chi connectivity index (χ1) is 17.5. The van der Waals surface area contributed by atoms with Gasteiger partial charge in [-0.1, -0.05) is 30.3 Å². The molecule has 0 aliphatic heterocycles. The van der Waals surface area contributed by atoms with E-state index in [1.54, 1.807) is 11.7 Å². The number of benzene rings is 2. The molecule has 1 aromatic heterocycles. The second-order valence-electron chi connectivity index (χ2n) is 11.2. The van der Waals surface area contributed by atoms with Gasteiger partial charge in [-0.15, -0.1) is 0 Å². The van der Waals surface area contributed by atoms with Gasteiger partial charge in [-0.3, -0.25) is 15.0 Å². The number of nitrogens with zero attached hydrogens (tertiary/aromatic N) is 3. The summed E-state index contributed by atoms with van der Waals surface area (Å²) in [4.78, 5) is 28.0. The van der Waals surface area contributed by atoms with Crippen LogP contribution in [0, 0.1) is 23.2 Å². The molecule has 0 spiro atoms. The lowest BCUT2D eigenvalue weighted by Crippen LogP contribution is -2.51. The summed E-state index contributed by atoms with van der Waals surface area (Å²) in [6.45, 7) is 1.35. The van der Waals surface area contributed by atoms with E-state index in [1.165, 1.54) is 38.5 Å². The third kappa shape index (κ3) is 4.19. The van der Waals surface area contributed by atoms with Gasteiger partial charge in [-0.2, -0.15) is 5.10 Å². The Balaban J connectivity index is 1.56. The van der Waals surface area contributed by atoms with Crippen molar-refractivity contribution in [3.8, 4) is 0 Å². The highest BCUT2D eigenvalue weighted by molar-refractivity contribution is 5.74. The minimum Gasteiger partial charge on any atom is -0.383 e. The third-order valence-corrected chi connectivity index (χ3v) is 8.61. The van der Waals surface area contributed by atoms with Crippen molar-refractivity contribution in [2.75, 3.05) is 19.1 Å². The Bertz CT molecular complexity index is 1420. The fraction of sp³-hybridized carbons (Fsp3) is 0.483. The van der Waals surface area contributed by atoms with Crippen molar-refractivity contribution in [3.63, 3.8) is 0 Å². The average Bonchev–Trinajstić information content (AvgIpc) is 2.94. The summed E-state index contributed by atoms with van der Waals surface area (Å²) in [5.74, 6) is 2.34. The van der Waals surface area contributed by atoms with Crippen LogP contribution in [0.1, 0.15) is 38.5 Å². The van der Waals surface area contributed by atoms with E-state index in [9.17, 15) is 9.59 Å². The fourth-order valence-corrected chi connectivity index (χ4v) is 7.60. The smallest absolute Gasteiger partial charge is 0.284 e. The lowest BCUT2D eigenvalue weighted by molar-refractivity contribution is -0.0617. The number of hydrogen-bond acceptors (Lipinski definition) is 5. The van der Waals surface area contributed by atoms with Crippen molar-refractivity contribution >= 4 is 16.7 Å². The number of ether oxygens (including phenoxy) is 1. The van der Waals surface area contributed by atoms with Crippen molar-refractivity contribution in [2.45, 2.75) is 51.6 Å². The number of aromatic nitrogens is 2. The zero-order valence-electron chi connectivity index (χ0n) is 20.9. The minimum atomic E-state index is -0.402. The number of hydrogen-bond donors (Lipinski definition) is 1. The molecule has 4 aliphatic rings. The lowest BCUT2D eigenvalue weighted by atomic mass is 9.49. The van der Waals surface area contributed by atoms with Gasteiger partial charge in [0.05, 0.1) is 23.3 Å². The molecule has 1 N–H and O–H groups in total. The summed E-state index contributed by atoms with van der Waals surface area (Å²) in [5.41, 5.74) is 4.59. The Morgan fingerprint density at radius 2 is 1.42 bits per heavy atom. The maximum Gasteiger partial charge on any atom is 0.284 e. The van der Waals surface area contributed by atoms with Crippen LogP contribution in [0.25, 0.3) is 11.0 Å². The average molecular weight is 487 g/mol. The maximum absolute atomic E-state index is 14.2. The van der Waals surface area contributed by atoms with Gasteiger partial charge >= 0.3 is 0 Å². The zero-order valence-corrected chi connectivity index (χ0v) is 20.9. The molecular weight excluding hydrogens is 452 g/mol. The van der Waals surface area contributed by atoms with Crippen LogP contribution in [0.4, 0.5) is 5.69 Å². The van der Waals surface area contributed by atoms with Crippen molar-refractivity contribution < 1.29 is 4.74 Å². The third-order valence-electron chi connectivity index (χ3n) is 8.61. The monoisotopic (exact) mass is 486 g/mol. The number of para-hydroxylation sites is 3. The molecule has 2 aromatic carbocycles. The first kappa shape index (κ1) is 23.2. The molecule has 4 bridgehead atoms. The van der Waals surface area contributed by atoms with Crippen LogP contribution in [0.2, 0.25) is 0 Å². The van der Waals surface area contributed by atoms with Crippen molar-refractivity contribution in [2.24, 2.45) is 28.3 Å². The van der Waals surface area contributed by atoms with Gasteiger partial charge in [0.2, 0.25) is 5.36 Å². The standard InChI is InChI=1S/C29H34N4O3/c1-36-12-11-32-24-9-5-6-10-25(24)33(19-29-16-20-13-21(17-29)15-22(14-20)18-29)28(35)26(27(32)34)31-30-23-7-3-2-4-8-23/h2-10,20-22,30H,11-19H2,1H3/b31-26+. The van der Waals surface area contributed by atoms with Crippen LogP contribution in [0.5, 0.6) is 0 Å². The van der Waals surface area contributed by atoms with Crippen LogP contribution in [0.3, 0.4) is 0 Å². The number of methoxy groups -OCH3 is 1. The molecule has 4 aliphatic carbocycles. The molecular formula is C29H34N4O3. The van der Waals surface area contributed by atoms with E-state index >= 15 is 0 Å². The van der Waals surface area contributed by atoms with Gasteiger partial charge in [0, 0.05) is 20.2 Å². The van der Waals surface area contributed by atoms with Crippen LogP contribution < -0.4 is 21.9 Å². The predicted octanol–water partition coefficient (Wildman–Crippen LogP) is 3.95. The van der Waals surface area contributed by atoms with E-state index in [0.29, 0.717) is 19.7 Å². The summed E-state index contributed by atoms with van der Waals surface area (Å²) in [6.07, 6.45) is 7.59. The first-order valence-electron chi connectivity index (χ1n) is 13.2. The summed E-state index contributed by atoms with van der Waals surface area (Å²) >= 11 is 0. The summed E-state index contributed by atoms with van der Waals surface area (Å²) in [6, 6.07) is 17.2. The lowest BCUT2D eigenvalue weighted by Gasteiger charge is -2.57. The van der Waals surface area contributed by atoms with Crippen LogP contribution in [-0.2, 0) is 17.8 Å². The Hall–Kier alpha value is -3.19. The van der Waals surface area contributed by atoms with E-state index in [1.807, 2.05) is 59.2 Å². The summed E-state index contributed by atoms with van der Waals surface area (Å²) in [7, 11) is 1.62. The van der Waals surface area contributed by atoms with Crippen LogP contribution in [-0.4, -0.2) is 22.9 Å². The Labute approximate surface area is 210 Å². The van der Waals surface area contributed by atoms with E-state index < -0.39 is 5.56 Å². The molecule has 1 heterocycles. The highest BCUT2D eigenvalue weighted by Gasteiger charge is 2.51. The predicted molar refractivity (Wildman–Crippen MR) is 141 cm³/mol. The molecule has 0 saturated heterocycles. The Morgan fingerprint density at radius 3 is 2.03 bits per heavy atom. The molecule has 7 nitrogen and oxygen atoms in total. The molecule has 3 aromatic rings. The highest BCUT2D eigenvalue weighted by atomic mass is 16.5. The molecule has 36 heavy (non-hydrogen) atoms. The summed E-state index contributed by atoms with van der Waals surface area (Å²) < 4.78 is 8.81. The Morgan fingerprint density at radius 1 is 0.861 bits per heavy atom. The van der Waals surface area contributed by atoms with Gasteiger partial charge in [-0.25, -0.2) is 0 Å². The molecule has 0 radical (unpaired) electrons. The molecule has 0 unspecified atom stereocenters. The minimum absolute atomic E-state index is 0.0871. The molecule has 188 valence electrons. The van der Waals surface area contributed by atoms with Gasteiger partial charge in [-0.05, 0) is 86.0 Å². The number of fused-ring (bicyclic) bond motifs is 1. The molecule has 4 fully saturated rings. The van der Waals surface area contributed by atoms with E-state index in [0.717, 1.165) is 34.5 Å². The van der Waals surface area contributed by atoms with E-state index in [4.69, 9.17) is 4.74 Å². The SMILES string of the molecule is COCCn1c(=O)/c(=N\Nc2ccccc2)c(=O)n(CC23CC4CC(CC(C4)C2)C3)c2ccccc21. The molecule has 0 atom stereocenters. The molecule has 0 amide bonds. The van der Waals surface area contributed by atoms with Gasteiger partial charge in [0.1, 0.15) is 0 Å². The van der Waals surface area contributed by atoms with Crippen LogP contribution in [0.15, 0.2) is 69.3 Å².